The lowest BCUT2D eigenvalue weighted by Gasteiger charge is -2.27. The van der Waals surface area contributed by atoms with Gasteiger partial charge in [0.1, 0.15) is 5.75 Å². The van der Waals surface area contributed by atoms with E-state index in [2.05, 4.69) is 51.2 Å². The summed E-state index contributed by atoms with van der Waals surface area (Å²) in [7, 11) is 0. The molecule has 1 unspecified atom stereocenters. The van der Waals surface area contributed by atoms with Crippen molar-refractivity contribution in [1.82, 2.24) is 5.32 Å². The first-order valence-corrected chi connectivity index (χ1v) is 6.92. The molecule has 1 aromatic carbocycles. The lowest BCUT2D eigenvalue weighted by Crippen LogP contribution is -2.29. The van der Waals surface area contributed by atoms with Crippen molar-refractivity contribution in [3.8, 4) is 5.75 Å². The second kappa shape index (κ2) is 5.31. The first-order chi connectivity index (χ1) is 8.47. The van der Waals surface area contributed by atoms with Crippen LogP contribution in [0.15, 0.2) is 18.2 Å². The van der Waals surface area contributed by atoms with Crippen molar-refractivity contribution in [3.63, 3.8) is 0 Å². The molecule has 0 saturated heterocycles. The number of benzene rings is 1. The first-order valence-electron chi connectivity index (χ1n) is 6.92. The summed E-state index contributed by atoms with van der Waals surface area (Å²) in [5.74, 6) is 1.75. The molecule has 2 heteroatoms. The fourth-order valence-corrected chi connectivity index (χ4v) is 2.09. The van der Waals surface area contributed by atoms with Crippen LogP contribution in [0.5, 0.6) is 5.75 Å². The summed E-state index contributed by atoms with van der Waals surface area (Å²) in [5, 5.41) is 3.56. The van der Waals surface area contributed by atoms with E-state index in [-0.39, 0.29) is 0 Å². The van der Waals surface area contributed by atoms with E-state index < -0.39 is 0 Å². The molecular weight excluding hydrogens is 222 g/mol. The molecule has 0 bridgehead atoms. The van der Waals surface area contributed by atoms with Gasteiger partial charge in [0.05, 0.1) is 6.61 Å². The van der Waals surface area contributed by atoms with E-state index in [1.165, 1.54) is 11.1 Å². The van der Waals surface area contributed by atoms with Gasteiger partial charge in [-0.3, -0.25) is 0 Å². The average molecular weight is 247 g/mol. The summed E-state index contributed by atoms with van der Waals surface area (Å²) in [4.78, 5) is 0. The van der Waals surface area contributed by atoms with Gasteiger partial charge in [0.25, 0.3) is 0 Å². The zero-order valence-electron chi connectivity index (χ0n) is 12.0. The number of hydrogen-bond acceptors (Lipinski definition) is 2. The minimum Gasteiger partial charge on any atom is -0.493 e. The van der Waals surface area contributed by atoms with Gasteiger partial charge in [-0.15, -0.1) is 0 Å². The standard InChI is InChI=1S/C16H25NO/c1-12(16(2,3)4)10-17-11-13-5-6-15-14(9-13)7-8-18-15/h5-6,9,12,17H,7-8,10-11H2,1-4H3. The largest absolute Gasteiger partial charge is 0.493 e. The van der Waals surface area contributed by atoms with E-state index in [1.54, 1.807) is 0 Å². The zero-order valence-corrected chi connectivity index (χ0v) is 12.0. The highest BCUT2D eigenvalue weighted by Crippen LogP contribution is 2.26. The van der Waals surface area contributed by atoms with E-state index >= 15 is 0 Å². The van der Waals surface area contributed by atoms with Crippen LogP contribution in [0.1, 0.15) is 38.8 Å². The Morgan fingerprint density at radius 1 is 1.33 bits per heavy atom. The van der Waals surface area contributed by atoms with E-state index in [0.717, 1.165) is 31.9 Å². The quantitative estimate of drug-likeness (QED) is 0.880. The number of nitrogens with one attached hydrogen (secondary N) is 1. The van der Waals surface area contributed by atoms with Crippen molar-refractivity contribution in [3.05, 3.63) is 29.3 Å². The van der Waals surface area contributed by atoms with E-state index in [0.29, 0.717) is 11.3 Å². The Morgan fingerprint density at radius 2 is 2.11 bits per heavy atom. The molecule has 1 aliphatic rings. The molecule has 0 amide bonds. The van der Waals surface area contributed by atoms with Gasteiger partial charge in [-0.05, 0) is 35.1 Å². The van der Waals surface area contributed by atoms with Gasteiger partial charge in [-0.25, -0.2) is 0 Å². The predicted molar refractivity (Wildman–Crippen MR) is 76.0 cm³/mol. The summed E-state index contributed by atoms with van der Waals surface area (Å²) in [6.07, 6.45) is 1.06. The van der Waals surface area contributed by atoms with Crippen LogP contribution in [0.2, 0.25) is 0 Å². The van der Waals surface area contributed by atoms with Crippen molar-refractivity contribution in [1.29, 1.82) is 0 Å². The molecule has 1 atom stereocenters. The van der Waals surface area contributed by atoms with Gasteiger partial charge in [-0.1, -0.05) is 39.8 Å². The van der Waals surface area contributed by atoms with Crippen LogP contribution in [0, 0.1) is 11.3 Å². The number of ether oxygens (including phenoxy) is 1. The number of rotatable bonds is 4. The van der Waals surface area contributed by atoms with Crippen LogP contribution < -0.4 is 10.1 Å². The van der Waals surface area contributed by atoms with E-state index in [1.807, 2.05) is 0 Å². The van der Waals surface area contributed by atoms with Gasteiger partial charge in [0.15, 0.2) is 0 Å². The van der Waals surface area contributed by atoms with Crippen LogP contribution in [-0.4, -0.2) is 13.2 Å². The molecule has 0 radical (unpaired) electrons. The maximum atomic E-state index is 5.52. The predicted octanol–water partition coefficient (Wildman–Crippen LogP) is 3.39. The fourth-order valence-electron chi connectivity index (χ4n) is 2.09. The lowest BCUT2D eigenvalue weighted by atomic mass is 9.82. The normalized spacial score (nSPS) is 16.2. The molecule has 1 aromatic rings. The minimum atomic E-state index is 0.374. The van der Waals surface area contributed by atoms with Crippen LogP contribution in [0.4, 0.5) is 0 Å². The van der Waals surface area contributed by atoms with E-state index in [9.17, 15) is 0 Å². The monoisotopic (exact) mass is 247 g/mol. The molecule has 18 heavy (non-hydrogen) atoms. The minimum absolute atomic E-state index is 0.374. The molecule has 2 rings (SSSR count). The Morgan fingerprint density at radius 3 is 2.83 bits per heavy atom. The molecule has 0 aromatic heterocycles. The molecule has 0 saturated carbocycles. The van der Waals surface area contributed by atoms with Crippen molar-refractivity contribution in [2.75, 3.05) is 13.2 Å². The van der Waals surface area contributed by atoms with Gasteiger partial charge in [-0.2, -0.15) is 0 Å². The van der Waals surface area contributed by atoms with Gasteiger partial charge in [0, 0.05) is 13.0 Å². The van der Waals surface area contributed by atoms with Crippen molar-refractivity contribution in [2.24, 2.45) is 11.3 Å². The zero-order chi connectivity index (χ0) is 13.2. The third-order valence-electron chi connectivity index (χ3n) is 4.01. The Bertz CT molecular complexity index is 406. The first kappa shape index (κ1) is 13.4. The fraction of sp³-hybridized carbons (Fsp3) is 0.625. The summed E-state index contributed by atoms with van der Waals surface area (Å²) in [6.45, 7) is 12.1. The smallest absolute Gasteiger partial charge is 0.122 e. The Kier molecular flexibility index (Phi) is 3.96. The molecule has 2 nitrogen and oxygen atoms in total. The molecule has 100 valence electrons. The van der Waals surface area contributed by atoms with Gasteiger partial charge in [0.2, 0.25) is 0 Å². The Labute approximate surface area is 111 Å². The van der Waals surface area contributed by atoms with Gasteiger partial charge >= 0.3 is 0 Å². The highest BCUT2D eigenvalue weighted by molar-refractivity contribution is 5.39. The van der Waals surface area contributed by atoms with Gasteiger partial charge < -0.3 is 10.1 Å². The van der Waals surface area contributed by atoms with Crippen LogP contribution in [0.3, 0.4) is 0 Å². The topological polar surface area (TPSA) is 21.3 Å². The molecule has 1 aliphatic heterocycles. The third kappa shape index (κ3) is 3.26. The number of hydrogen-bond donors (Lipinski definition) is 1. The molecule has 1 N–H and O–H groups in total. The molecule has 0 spiro atoms. The molecule has 0 aliphatic carbocycles. The Balaban J connectivity index is 1.84. The van der Waals surface area contributed by atoms with Crippen molar-refractivity contribution in [2.45, 2.75) is 40.7 Å². The summed E-state index contributed by atoms with van der Waals surface area (Å²) < 4.78 is 5.52. The van der Waals surface area contributed by atoms with Crippen molar-refractivity contribution < 1.29 is 4.74 Å². The maximum Gasteiger partial charge on any atom is 0.122 e. The van der Waals surface area contributed by atoms with Crippen LogP contribution in [-0.2, 0) is 13.0 Å². The van der Waals surface area contributed by atoms with Crippen molar-refractivity contribution >= 4 is 0 Å². The lowest BCUT2D eigenvalue weighted by molar-refractivity contribution is 0.252. The second-order valence-corrected chi connectivity index (χ2v) is 6.44. The Hall–Kier alpha value is -1.02. The number of fused-ring (bicyclic) bond motifs is 1. The second-order valence-electron chi connectivity index (χ2n) is 6.44. The highest BCUT2D eigenvalue weighted by Gasteiger charge is 2.19. The highest BCUT2D eigenvalue weighted by atomic mass is 16.5. The van der Waals surface area contributed by atoms with Crippen LogP contribution >= 0.6 is 0 Å². The molecular formula is C16H25NO. The molecule has 0 fully saturated rings. The SMILES string of the molecule is CC(CNCc1ccc2c(c1)CCO2)C(C)(C)C. The summed E-state index contributed by atoms with van der Waals surface area (Å²) in [5.41, 5.74) is 3.09. The summed E-state index contributed by atoms with van der Waals surface area (Å²) >= 11 is 0. The third-order valence-corrected chi connectivity index (χ3v) is 4.01. The average Bonchev–Trinajstić information content (AvgIpc) is 2.74. The summed E-state index contributed by atoms with van der Waals surface area (Å²) in [6, 6.07) is 6.54. The van der Waals surface area contributed by atoms with Crippen LogP contribution in [0.25, 0.3) is 0 Å². The maximum absolute atomic E-state index is 5.52. The molecule has 1 heterocycles. The van der Waals surface area contributed by atoms with E-state index in [4.69, 9.17) is 4.74 Å².